The first-order valence-corrected chi connectivity index (χ1v) is 6.43. The molecule has 1 heterocycles. The van der Waals surface area contributed by atoms with Gasteiger partial charge in [-0.2, -0.15) is 0 Å². The molecule has 0 amide bonds. The molecule has 0 fully saturated rings. The maximum atomic E-state index is 11.6. The molecule has 0 unspecified atom stereocenters. The van der Waals surface area contributed by atoms with Crippen LogP contribution in [-0.4, -0.2) is 4.69 Å². The number of hydrogen-bond donors (Lipinski definition) is 1. The van der Waals surface area contributed by atoms with E-state index in [1.807, 2.05) is 0 Å². The van der Waals surface area contributed by atoms with Crippen LogP contribution in [0.3, 0.4) is 0 Å². The second-order valence-corrected chi connectivity index (χ2v) is 4.75. The predicted octanol–water partition coefficient (Wildman–Crippen LogP) is 3.89. The zero-order chi connectivity index (χ0) is 12.4. The van der Waals surface area contributed by atoms with Crippen LogP contribution in [-0.2, 0) is 6.42 Å². The predicted molar refractivity (Wildman–Crippen MR) is 72.5 cm³/mol. The lowest BCUT2D eigenvalue weighted by Gasteiger charge is -1.97. The van der Waals surface area contributed by atoms with Crippen LogP contribution in [0.25, 0.3) is 11.0 Å². The lowest BCUT2D eigenvalue weighted by molar-refractivity contribution is 0.109. The quantitative estimate of drug-likeness (QED) is 0.687. The van der Waals surface area contributed by atoms with Gasteiger partial charge < -0.3 is 10.2 Å². The van der Waals surface area contributed by atoms with Crippen molar-refractivity contribution in [3.8, 4) is 0 Å². The van der Waals surface area contributed by atoms with E-state index >= 15 is 0 Å². The number of rotatable bonds is 4. The Morgan fingerprint density at radius 1 is 1.47 bits per heavy atom. The second kappa shape index (κ2) is 4.92. The number of unbranched alkanes of at least 4 members (excludes halogenated alkanes) is 1. The lowest BCUT2D eigenvalue weighted by atomic mass is 10.1. The number of aryl methyl sites for hydroxylation is 1. The van der Waals surface area contributed by atoms with Gasteiger partial charge >= 0.3 is 0 Å². The van der Waals surface area contributed by atoms with Gasteiger partial charge in [0.2, 0.25) is 4.69 Å². The fourth-order valence-corrected chi connectivity index (χ4v) is 2.33. The van der Waals surface area contributed by atoms with Crippen molar-refractivity contribution in [2.45, 2.75) is 26.2 Å². The number of carbonyl (C=O) groups is 1. The van der Waals surface area contributed by atoms with E-state index in [1.165, 1.54) is 0 Å². The van der Waals surface area contributed by atoms with Crippen LogP contribution in [0.1, 0.15) is 35.9 Å². The smallest absolute Gasteiger partial charge is 0.232 e. The Morgan fingerprint density at radius 3 is 2.88 bits per heavy atom. The fourth-order valence-electron chi connectivity index (χ4n) is 1.89. The Morgan fingerprint density at radius 2 is 2.24 bits per heavy atom. The molecule has 0 aliphatic carbocycles. The lowest BCUT2D eigenvalue weighted by Crippen LogP contribution is -1.94. The summed E-state index contributed by atoms with van der Waals surface area (Å²) in [5.41, 5.74) is 7.70. The van der Waals surface area contributed by atoms with Crippen LogP contribution in [0.15, 0.2) is 22.6 Å². The molecule has 0 atom stereocenters. The minimum absolute atomic E-state index is 0.145. The number of nitrogen functional groups attached to an aromatic ring is 1. The molecule has 0 spiro atoms. The second-order valence-electron chi connectivity index (χ2n) is 4.03. The number of anilines is 1. The normalized spacial score (nSPS) is 10.9. The fraction of sp³-hybridized carbons (Fsp3) is 0.308. The zero-order valence-corrected chi connectivity index (χ0v) is 11.2. The van der Waals surface area contributed by atoms with Crippen LogP contribution in [0.5, 0.6) is 0 Å². The summed E-state index contributed by atoms with van der Waals surface area (Å²) in [6.45, 7) is 2.11. The summed E-state index contributed by atoms with van der Waals surface area (Å²) >= 11 is 3.01. The van der Waals surface area contributed by atoms with E-state index in [0.717, 1.165) is 30.4 Å². The number of hydrogen-bond acceptors (Lipinski definition) is 3. The first-order valence-electron chi connectivity index (χ1n) is 5.64. The molecule has 4 heteroatoms. The van der Waals surface area contributed by atoms with Crippen LogP contribution >= 0.6 is 15.9 Å². The summed E-state index contributed by atoms with van der Waals surface area (Å²) in [5.74, 6) is 0.745. The van der Waals surface area contributed by atoms with Gasteiger partial charge in [-0.3, -0.25) is 4.79 Å². The molecular weight excluding hydrogens is 282 g/mol. The van der Waals surface area contributed by atoms with Gasteiger partial charge in [0.05, 0.1) is 5.56 Å². The van der Waals surface area contributed by atoms with Gasteiger partial charge in [0.25, 0.3) is 0 Å². The highest BCUT2D eigenvalue weighted by atomic mass is 79.9. The monoisotopic (exact) mass is 295 g/mol. The van der Waals surface area contributed by atoms with Gasteiger partial charge in [0.1, 0.15) is 11.3 Å². The van der Waals surface area contributed by atoms with Crippen LogP contribution < -0.4 is 5.73 Å². The van der Waals surface area contributed by atoms with Crippen molar-refractivity contribution in [3.05, 3.63) is 29.5 Å². The summed E-state index contributed by atoms with van der Waals surface area (Å²) in [6, 6.07) is 5.36. The molecule has 2 rings (SSSR count). The van der Waals surface area contributed by atoms with E-state index in [9.17, 15) is 4.79 Å². The van der Waals surface area contributed by atoms with Crippen molar-refractivity contribution in [2.24, 2.45) is 0 Å². The minimum Gasteiger partial charge on any atom is -0.460 e. The summed E-state index contributed by atoms with van der Waals surface area (Å²) in [4.78, 5) is 11.6. The third-order valence-corrected chi connectivity index (χ3v) is 3.14. The molecule has 0 bridgehead atoms. The number of halogens is 1. The van der Waals surface area contributed by atoms with Crippen molar-refractivity contribution < 1.29 is 9.21 Å². The van der Waals surface area contributed by atoms with Crippen LogP contribution in [0.2, 0.25) is 0 Å². The topological polar surface area (TPSA) is 56.2 Å². The molecular formula is C13H14BrNO2. The van der Waals surface area contributed by atoms with E-state index in [1.54, 1.807) is 18.2 Å². The summed E-state index contributed by atoms with van der Waals surface area (Å²) in [7, 11) is 0. The largest absolute Gasteiger partial charge is 0.460 e. The van der Waals surface area contributed by atoms with E-state index < -0.39 is 0 Å². The number of benzene rings is 1. The van der Waals surface area contributed by atoms with Crippen molar-refractivity contribution in [1.29, 1.82) is 0 Å². The first kappa shape index (κ1) is 12.2. The number of nitrogens with two attached hydrogens (primary N) is 1. The van der Waals surface area contributed by atoms with Gasteiger partial charge in [-0.1, -0.05) is 13.3 Å². The van der Waals surface area contributed by atoms with E-state index in [2.05, 4.69) is 22.9 Å². The molecule has 90 valence electrons. The molecule has 1 aromatic heterocycles. The molecule has 0 aliphatic heterocycles. The number of fused-ring (bicyclic) bond motifs is 1. The Balaban J connectivity index is 2.58. The summed E-state index contributed by atoms with van der Waals surface area (Å²) in [6.07, 6.45) is 2.84. The molecule has 2 aromatic rings. The van der Waals surface area contributed by atoms with Crippen molar-refractivity contribution >= 4 is 37.3 Å². The number of furan rings is 1. The molecule has 0 radical (unpaired) electrons. The highest BCUT2D eigenvalue weighted by Crippen LogP contribution is 2.30. The zero-order valence-electron chi connectivity index (χ0n) is 9.63. The average Bonchev–Trinajstić information content (AvgIpc) is 2.63. The molecule has 0 saturated carbocycles. The standard InChI is InChI=1S/C13H14BrNO2/c1-2-3-4-11-12(13(14)16)9-7-8(15)5-6-10(9)17-11/h5-7H,2-4,15H2,1H3. The van der Waals surface area contributed by atoms with E-state index in [-0.39, 0.29) is 4.69 Å². The summed E-state index contributed by atoms with van der Waals surface area (Å²) < 4.78 is 5.57. The SMILES string of the molecule is CCCCc1oc2ccc(N)cc2c1C(=O)Br. The number of carbonyl (C=O) groups excluding carboxylic acids is 1. The third kappa shape index (κ3) is 2.36. The van der Waals surface area contributed by atoms with Gasteiger partial charge in [0, 0.05) is 17.5 Å². The maximum Gasteiger partial charge on any atom is 0.232 e. The van der Waals surface area contributed by atoms with E-state index in [4.69, 9.17) is 10.2 Å². The van der Waals surface area contributed by atoms with E-state index in [0.29, 0.717) is 16.8 Å². The Bertz CT molecular complexity index is 560. The maximum absolute atomic E-state index is 11.6. The summed E-state index contributed by atoms with van der Waals surface area (Å²) in [5, 5.41) is 0.790. The third-order valence-electron chi connectivity index (χ3n) is 2.74. The molecule has 1 aromatic carbocycles. The average molecular weight is 296 g/mol. The Labute approximate surface area is 108 Å². The van der Waals surface area contributed by atoms with Crippen LogP contribution in [0, 0.1) is 0 Å². The van der Waals surface area contributed by atoms with Gasteiger partial charge in [-0.25, -0.2) is 0 Å². The van der Waals surface area contributed by atoms with Crippen LogP contribution in [0.4, 0.5) is 5.69 Å². The van der Waals surface area contributed by atoms with Gasteiger partial charge in [0.15, 0.2) is 0 Å². The molecule has 17 heavy (non-hydrogen) atoms. The highest BCUT2D eigenvalue weighted by molar-refractivity contribution is 9.18. The van der Waals surface area contributed by atoms with Gasteiger partial charge in [-0.15, -0.1) is 0 Å². The highest BCUT2D eigenvalue weighted by Gasteiger charge is 2.18. The molecule has 3 nitrogen and oxygen atoms in total. The Hall–Kier alpha value is -1.29. The Kier molecular flexibility index (Phi) is 3.52. The molecule has 2 N–H and O–H groups in total. The molecule has 0 aliphatic rings. The molecule has 0 saturated heterocycles. The van der Waals surface area contributed by atoms with Gasteiger partial charge in [-0.05, 0) is 40.5 Å². The van der Waals surface area contributed by atoms with Crippen molar-refractivity contribution in [1.82, 2.24) is 0 Å². The minimum atomic E-state index is -0.145. The van der Waals surface area contributed by atoms with Crippen molar-refractivity contribution in [2.75, 3.05) is 5.73 Å². The first-order chi connectivity index (χ1) is 8.13. The van der Waals surface area contributed by atoms with Crippen molar-refractivity contribution in [3.63, 3.8) is 0 Å².